The SMILES string of the molecule is Cn1nccc1CCNC1CCC12CCCCC2. The van der Waals surface area contributed by atoms with Gasteiger partial charge in [-0.3, -0.25) is 4.68 Å². The molecule has 0 radical (unpaired) electrons. The summed E-state index contributed by atoms with van der Waals surface area (Å²) in [5, 5.41) is 8.02. The van der Waals surface area contributed by atoms with Crippen molar-refractivity contribution in [3.63, 3.8) is 0 Å². The molecule has 1 heterocycles. The fraction of sp³-hybridized carbons (Fsp3) is 0.800. The standard InChI is InChI=1S/C15H25N3/c1-18-13(7-12-17-18)6-11-16-14-5-10-15(14)8-3-2-4-9-15/h7,12,14,16H,2-6,8-11H2,1H3. The molecule has 2 aliphatic rings. The lowest BCUT2D eigenvalue weighted by Gasteiger charge is -2.52. The zero-order valence-corrected chi connectivity index (χ0v) is 11.5. The van der Waals surface area contributed by atoms with Crippen molar-refractivity contribution in [2.24, 2.45) is 12.5 Å². The van der Waals surface area contributed by atoms with Crippen LogP contribution in [0.5, 0.6) is 0 Å². The number of nitrogens with one attached hydrogen (secondary N) is 1. The van der Waals surface area contributed by atoms with E-state index in [0.717, 1.165) is 19.0 Å². The Bertz CT molecular complexity index is 390. The summed E-state index contributed by atoms with van der Waals surface area (Å²) in [6.45, 7) is 1.10. The van der Waals surface area contributed by atoms with E-state index in [9.17, 15) is 0 Å². The molecule has 0 aromatic carbocycles. The topological polar surface area (TPSA) is 29.9 Å². The molecule has 2 saturated carbocycles. The Kier molecular flexibility index (Phi) is 3.42. The van der Waals surface area contributed by atoms with Crippen LogP contribution in [0.3, 0.4) is 0 Å². The smallest absolute Gasteiger partial charge is 0.0492 e. The number of hydrogen-bond donors (Lipinski definition) is 1. The quantitative estimate of drug-likeness (QED) is 0.886. The van der Waals surface area contributed by atoms with E-state index in [4.69, 9.17) is 0 Å². The van der Waals surface area contributed by atoms with E-state index in [1.165, 1.54) is 50.6 Å². The van der Waals surface area contributed by atoms with Gasteiger partial charge in [-0.25, -0.2) is 0 Å². The molecule has 2 aliphatic carbocycles. The molecule has 1 spiro atoms. The first-order chi connectivity index (χ1) is 8.80. The molecule has 0 aliphatic heterocycles. The predicted molar refractivity (Wildman–Crippen MR) is 73.5 cm³/mol. The minimum absolute atomic E-state index is 0.685. The van der Waals surface area contributed by atoms with Gasteiger partial charge in [0.15, 0.2) is 0 Å². The molecule has 1 aromatic heterocycles. The lowest BCUT2D eigenvalue weighted by atomic mass is 9.57. The van der Waals surface area contributed by atoms with Crippen molar-refractivity contribution in [1.82, 2.24) is 15.1 Å². The highest BCUT2D eigenvalue weighted by molar-refractivity contribution is 5.04. The Morgan fingerprint density at radius 2 is 2.17 bits per heavy atom. The predicted octanol–water partition coefficient (Wildman–Crippen LogP) is 2.67. The first kappa shape index (κ1) is 12.2. The van der Waals surface area contributed by atoms with Crippen molar-refractivity contribution < 1.29 is 0 Å². The average Bonchev–Trinajstić information content (AvgIpc) is 2.80. The normalized spacial score (nSPS) is 26.2. The second-order valence-corrected chi connectivity index (χ2v) is 6.16. The largest absolute Gasteiger partial charge is 0.313 e. The van der Waals surface area contributed by atoms with Gasteiger partial charge in [0.05, 0.1) is 0 Å². The molecule has 1 aromatic rings. The third-order valence-electron chi connectivity index (χ3n) is 5.21. The van der Waals surface area contributed by atoms with Crippen LogP contribution in [0.2, 0.25) is 0 Å². The van der Waals surface area contributed by atoms with Crippen LogP contribution in [-0.4, -0.2) is 22.4 Å². The number of nitrogens with zero attached hydrogens (tertiary/aromatic N) is 2. The van der Waals surface area contributed by atoms with Gasteiger partial charge in [-0.15, -0.1) is 0 Å². The lowest BCUT2D eigenvalue weighted by molar-refractivity contribution is 0.0235. The molecule has 1 unspecified atom stereocenters. The molecule has 0 bridgehead atoms. The van der Waals surface area contributed by atoms with Crippen LogP contribution in [0.1, 0.15) is 50.6 Å². The third-order valence-corrected chi connectivity index (χ3v) is 5.21. The van der Waals surface area contributed by atoms with Gasteiger partial charge in [-0.2, -0.15) is 5.10 Å². The summed E-state index contributed by atoms with van der Waals surface area (Å²) in [6.07, 6.45) is 13.2. The van der Waals surface area contributed by atoms with Gasteiger partial charge in [-0.05, 0) is 37.2 Å². The van der Waals surface area contributed by atoms with Gasteiger partial charge < -0.3 is 5.32 Å². The highest BCUT2D eigenvalue weighted by Gasteiger charge is 2.46. The molecule has 1 atom stereocenters. The maximum Gasteiger partial charge on any atom is 0.0492 e. The zero-order valence-electron chi connectivity index (χ0n) is 11.5. The van der Waals surface area contributed by atoms with E-state index >= 15 is 0 Å². The Balaban J connectivity index is 1.47. The molecule has 3 heteroatoms. The van der Waals surface area contributed by atoms with E-state index in [2.05, 4.69) is 16.5 Å². The highest BCUT2D eigenvalue weighted by Crippen LogP contribution is 2.51. The van der Waals surface area contributed by atoms with Crippen LogP contribution >= 0.6 is 0 Å². The van der Waals surface area contributed by atoms with Crippen molar-refractivity contribution in [2.45, 2.75) is 57.4 Å². The van der Waals surface area contributed by atoms with Crippen LogP contribution in [0.25, 0.3) is 0 Å². The molecular weight excluding hydrogens is 222 g/mol. The molecule has 3 nitrogen and oxygen atoms in total. The lowest BCUT2D eigenvalue weighted by Crippen LogP contribution is -2.54. The first-order valence-electron chi connectivity index (χ1n) is 7.50. The summed E-state index contributed by atoms with van der Waals surface area (Å²) < 4.78 is 1.98. The third kappa shape index (κ3) is 2.20. The molecule has 0 saturated heterocycles. The summed E-state index contributed by atoms with van der Waals surface area (Å²) in [5.41, 5.74) is 2.02. The van der Waals surface area contributed by atoms with Crippen molar-refractivity contribution in [2.75, 3.05) is 6.54 Å². The van der Waals surface area contributed by atoms with E-state index in [0.29, 0.717) is 5.41 Å². The fourth-order valence-electron chi connectivity index (χ4n) is 3.89. The number of aromatic nitrogens is 2. The molecule has 1 N–H and O–H groups in total. The summed E-state index contributed by atoms with van der Waals surface area (Å²) in [4.78, 5) is 0. The Hall–Kier alpha value is -0.830. The van der Waals surface area contributed by atoms with Crippen molar-refractivity contribution in [3.8, 4) is 0 Å². The van der Waals surface area contributed by atoms with Gasteiger partial charge in [0.1, 0.15) is 0 Å². The number of hydrogen-bond acceptors (Lipinski definition) is 2. The minimum atomic E-state index is 0.685. The van der Waals surface area contributed by atoms with E-state index < -0.39 is 0 Å². The Labute approximate surface area is 110 Å². The van der Waals surface area contributed by atoms with Crippen LogP contribution in [-0.2, 0) is 13.5 Å². The monoisotopic (exact) mass is 247 g/mol. The van der Waals surface area contributed by atoms with E-state index in [1.54, 1.807) is 0 Å². The van der Waals surface area contributed by atoms with Crippen LogP contribution < -0.4 is 5.32 Å². The summed E-state index contributed by atoms with van der Waals surface area (Å²) in [6, 6.07) is 2.92. The van der Waals surface area contributed by atoms with Gasteiger partial charge in [0.2, 0.25) is 0 Å². The number of rotatable bonds is 4. The summed E-state index contributed by atoms with van der Waals surface area (Å²) in [7, 11) is 2.03. The summed E-state index contributed by atoms with van der Waals surface area (Å²) >= 11 is 0. The van der Waals surface area contributed by atoms with Gasteiger partial charge in [0, 0.05) is 37.9 Å². The van der Waals surface area contributed by atoms with Gasteiger partial charge in [-0.1, -0.05) is 19.3 Å². The molecule has 3 rings (SSSR count). The minimum Gasteiger partial charge on any atom is -0.313 e. The summed E-state index contributed by atoms with van der Waals surface area (Å²) in [5.74, 6) is 0. The van der Waals surface area contributed by atoms with Crippen molar-refractivity contribution >= 4 is 0 Å². The second-order valence-electron chi connectivity index (χ2n) is 6.16. The Morgan fingerprint density at radius 1 is 1.33 bits per heavy atom. The maximum absolute atomic E-state index is 4.22. The van der Waals surface area contributed by atoms with Gasteiger partial charge in [0.25, 0.3) is 0 Å². The molecule has 0 amide bonds. The fourth-order valence-corrected chi connectivity index (χ4v) is 3.89. The average molecular weight is 247 g/mol. The Morgan fingerprint density at radius 3 is 2.78 bits per heavy atom. The van der Waals surface area contributed by atoms with Crippen LogP contribution in [0.4, 0.5) is 0 Å². The van der Waals surface area contributed by atoms with Gasteiger partial charge >= 0.3 is 0 Å². The molecular formula is C15H25N3. The zero-order chi connectivity index (χ0) is 12.4. The van der Waals surface area contributed by atoms with Crippen LogP contribution in [0, 0.1) is 5.41 Å². The first-order valence-corrected chi connectivity index (χ1v) is 7.50. The molecule has 2 fully saturated rings. The molecule has 18 heavy (non-hydrogen) atoms. The van der Waals surface area contributed by atoms with E-state index in [-0.39, 0.29) is 0 Å². The highest BCUT2D eigenvalue weighted by atomic mass is 15.3. The van der Waals surface area contributed by atoms with Crippen LogP contribution in [0.15, 0.2) is 12.3 Å². The molecule has 100 valence electrons. The van der Waals surface area contributed by atoms with E-state index in [1.807, 2.05) is 17.9 Å². The maximum atomic E-state index is 4.22. The van der Waals surface area contributed by atoms with Crippen molar-refractivity contribution in [1.29, 1.82) is 0 Å². The second kappa shape index (κ2) is 5.04. The number of aryl methyl sites for hydroxylation is 1. The van der Waals surface area contributed by atoms with Crippen molar-refractivity contribution in [3.05, 3.63) is 18.0 Å².